The summed E-state index contributed by atoms with van der Waals surface area (Å²) in [6.07, 6.45) is 0. The number of carbonyl (C=O) groups is 1. The third kappa shape index (κ3) is 5.00. The first-order valence-electron chi connectivity index (χ1n) is 9.31. The summed E-state index contributed by atoms with van der Waals surface area (Å²) in [6.45, 7) is 7.09. The van der Waals surface area contributed by atoms with Crippen LogP contribution >= 0.6 is 11.6 Å². The minimum atomic E-state index is -0.654. The number of rotatable bonds is 5. The molecule has 2 aromatic carbocycles. The number of anilines is 1. The highest BCUT2D eigenvalue weighted by molar-refractivity contribution is 6.30. The summed E-state index contributed by atoms with van der Waals surface area (Å²) in [4.78, 5) is 16.7. The first-order chi connectivity index (χ1) is 13.3. The minimum absolute atomic E-state index is 0.177. The van der Waals surface area contributed by atoms with Crippen molar-refractivity contribution in [3.8, 4) is 0 Å². The Balaban J connectivity index is 1.51. The molecule has 1 saturated heterocycles. The molecule has 1 fully saturated rings. The van der Waals surface area contributed by atoms with Gasteiger partial charge in [-0.3, -0.25) is 9.69 Å². The fourth-order valence-electron chi connectivity index (χ4n) is 3.49. The van der Waals surface area contributed by atoms with Crippen molar-refractivity contribution in [2.75, 3.05) is 37.6 Å². The van der Waals surface area contributed by atoms with Crippen LogP contribution in [0.5, 0.6) is 0 Å². The van der Waals surface area contributed by atoms with Crippen LogP contribution in [-0.2, 0) is 4.79 Å². The lowest BCUT2D eigenvalue weighted by Crippen LogP contribution is -2.49. The van der Waals surface area contributed by atoms with Gasteiger partial charge in [-0.15, -0.1) is 0 Å². The van der Waals surface area contributed by atoms with Crippen molar-refractivity contribution in [3.05, 3.63) is 64.2 Å². The molecule has 0 bridgehead atoms. The van der Waals surface area contributed by atoms with Gasteiger partial charge in [-0.25, -0.2) is 8.78 Å². The van der Waals surface area contributed by atoms with E-state index in [2.05, 4.69) is 22.0 Å². The van der Waals surface area contributed by atoms with Gasteiger partial charge in [0.25, 0.3) is 0 Å². The van der Waals surface area contributed by atoms with E-state index in [9.17, 15) is 13.6 Å². The van der Waals surface area contributed by atoms with Crippen molar-refractivity contribution >= 4 is 23.2 Å². The van der Waals surface area contributed by atoms with E-state index in [1.807, 2.05) is 18.2 Å². The predicted octanol–water partition coefficient (Wildman–Crippen LogP) is 3.93. The van der Waals surface area contributed by atoms with E-state index in [1.165, 1.54) is 17.7 Å². The Morgan fingerprint density at radius 3 is 2.54 bits per heavy atom. The number of benzene rings is 2. The Kier molecular flexibility index (Phi) is 6.52. The smallest absolute Gasteiger partial charge is 0.234 e. The lowest BCUT2D eigenvalue weighted by molar-refractivity contribution is -0.123. The molecule has 1 aliphatic rings. The summed E-state index contributed by atoms with van der Waals surface area (Å²) in [5.41, 5.74) is 2.57. The number of hydrogen-bond acceptors (Lipinski definition) is 3. The van der Waals surface area contributed by atoms with Gasteiger partial charge in [-0.05, 0) is 37.6 Å². The number of carbonyl (C=O) groups excluding carboxylic acids is 1. The molecular formula is C21H24ClF2N3O. The Bertz CT molecular complexity index is 854. The van der Waals surface area contributed by atoms with Gasteiger partial charge in [0.15, 0.2) is 0 Å². The van der Waals surface area contributed by atoms with Crippen LogP contribution in [0.4, 0.5) is 14.5 Å². The zero-order valence-corrected chi connectivity index (χ0v) is 16.8. The summed E-state index contributed by atoms with van der Waals surface area (Å²) in [5, 5.41) is 3.50. The highest BCUT2D eigenvalue weighted by Gasteiger charge is 2.21. The van der Waals surface area contributed by atoms with Gasteiger partial charge in [0.2, 0.25) is 5.91 Å². The molecule has 4 nitrogen and oxygen atoms in total. The largest absolute Gasteiger partial charge is 0.369 e. The molecule has 7 heteroatoms. The first kappa shape index (κ1) is 20.6. The molecule has 1 atom stereocenters. The second kappa shape index (κ2) is 8.88. The van der Waals surface area contributed by atoms with E-state index in [1.54, 1.807) is 6.92 Å². The quantitative estimate of drug-likeness (QED) is 0.815. The number of aryl methyl sites for hydroxylation is 1. The third-order valence-electron chi connectivity index (χ3n) is 5.06. The standard InChI is InChI=1S/C21H24ClF2N3O/c1-14-3-4-16(22)11-20(14)27-9-7-26(8-10-27)13-21(28)25-15(2)18-6-5-17(23)12-19(18)24/h3-6,11-12,15H,7-10,13H2,1-2H3,(H,25,28)/t15-/m0/s1. The Labute approximate surface area is 169 Å². The average Bonchev–Trinajstić information content (AvgIpc) is 2.64. The molecule has 0 aliphatic carbocycles. The van der Waals surface area contributed by atoms with Crippen molar-refractivity contribution in [2.45, 2.75) is 19.9 Å². The molecule has 0 unspecified atom stereocenters. The molecule has 1 heterocycles. The monoisotopic (exact) mass is 407 g/mol. The van der Waals surface area contributed by atoms with E-state index >= 15 is 0 Å². The molecule has 0 aromatic heterocycles. The molecule has 0 saturated carbocycles. The van der Waals surface area contributed by atoms with Gasteiger partial charge in [0.1, 0.15) is 11.6 Å². The van der Waals surface area contributed by atoms with Gasteiger partial charge in [0.05, 0.1) is 12.6 Å². The van der Waals surface area contributed by atoms with E-state index < -0.39 is 17.7 Å². The number of nitrogens with one attached hydrogen (secondary N) is 1. The number of halogens is 3. The van der Waals surface area contributed by atoms with Crippen LogP contribution in [0.3, 0.4) is 0 Å². The SMILES string of the molecule is Cc1ccc(Cl)cc1N1CCN(CC(=O)N[C@@H](C)c2ccc(F)cc2F)CC1. The van der Waals surface area contributed by atoms with Crippen LogP contribution in [0.1, 0.15) is 24.1 Å². The summed E-state index contributed by atoms with van der Waals surface area (Å²) < 4.78 is 26.9. The van der Waals surface area contributed by atoms with Crippen LogP contribution < -0.4 is 10.2 Å². The van der Waals surface area contributed by atoms with Crippen LogP contribution in [0.15, 0.2) is 36.4 Å². The first-order valence-corrected chi connectivity index (χ1v) is 9.69. The zero-order valence-electron chi connectivity index (χ0n) is 16.0. The molecule has 0 radical (unpaired) electrons. The Hall–Kier alpha value is -2.18. The maximum atomic E-state index is 13.9. The normalized spacial score (nSPS) is 16.1. The summed E-state index contributed by atoms with van der Waals surface area (Å²) >= 11 is 6.11. The minimum Gasteiger partial charge on any atom is -0.369 e. The van der Waals surface area contributed by atoms with E-state index in [-0.39, 0.29) is 18.0 Å². The van der Waals surface area contributed by atoms with Gasteiger partial charge in [-0.1, -0.05) is 23.7 Å². The Morgan fingerprint density at radius 2 is 1.86 bits per heavy atom. The zero-order chi connectivity index (χ0) is 20.3. The van der Waals surface area contributed by atoms with Crippen LogP contribution in [0.25, 0.3) is 0 Å². The maximum Gasteiger partial charge on any atom is 0.234 e. The summed E-state index contributed by atoms with van der Waals surface area (Å²) in [5.74, 6) is -1.46. The number of nitrogens with zero attached hydrogens (tertiary/aromatic N) is 2. The molecular weight excluding hydrogens is 384 g/mol. The summed E-state index contributed by atoms with van der Waals surface area (Å²) in [7, 11) is 0. The fourth-order valence-corrected chi connectivity index (χ4v) is 3.66. The molecule has 150 valence electrons. The molecule has 28 heavy (non-hydrogen) atoms. The van der Waals surface area contributed by atoms with E-state index in [0.717, 1.165) is 37.9 Å². The van der Waals surface area contributed by atoms with Crippen molar-refractivity contribution in [1.82, 2.24) is 10.2 Å². The van der Waals surface area contributed by atoms with Gasteiger partial charge < -0.3 is 10.2 Å². The lowest BCUT2D eigenvalue weighted by Gasteiger charge is -2.36. The number of amides is 1. The van der Waals surface area contributed by atoms with Gasteiger partial charge in [-0.2, -0.15) is 0 Å². The highest BCUT2D eigenvalue weighted by atomic mass is 35.5. The molecule has 0 spiro atoms. The summed E-state index contributed by atoms with van der Waals surface area (Å²) in [6, 6.07) is 8.72. The maximum absolute atomic E-state index is 13.9. The predicted molar refractivity (Wildman–Crippen MR) is 108 cm³/mol. The number of hydrogen-bond donors (Lipinski definition) is 1. The molecule has 2 aromatic rings. The Morgan fingerprint density at radius 1 is 1.14 bits per heavy atom. The molecule has 1 amide bonds. The molecule has 1 aliphatic heterocycles. The lowest BCUT2D eigenvalue weighted by atomic mass is 10.1. The molecule has 1 N–H and O–H groups in total. The average molecular weight is 408 g/mol. The van der Waals surface area contributed by atoms with Gasteiger partial charge in [0, 0.05) is 48.5 Å². The van der Waals surface area contributed by atoms with Gasteiger partial charge >= 0.3 is 0 Å². The second-order valence-corrected chi connectivity index (χ2v) is 7.59. The van der Waals surface area contributed by atoms with E-state index in [0.29, 0.717) is 5.02 Å². The van der Waals surface area contributed by atoms with Crippen LogP contribution in [-0.4, -0.2) is 43.5 Å². The second-order valence-electron chi connectivity index (χ2n) is 7.15. The highest BCUT2D eigenvalue weighted by Crippen LogP contribution is 2.25. The van der Waals surface area contributed by atoms with Crippen molar-refractivity contribution in [3.63, 3.8) is 0 Å². The van der Waals surface area contributed by atoms with Crippen molar-refractivity contribution in [2.24, 2.45) is 0 Å². The van der Waals surface area contributed by atoms with E-state index in [4.69, 9.17) is 11.6 Å². The number of piperazine rings is 1. The topological polar surface area (TPSA) is 35.6 Å². The van der Waals surface area contributed by atoms with Crippen molar-refractivity contribution in [1.29, 1.82) is 0 Å². The fraction of sp³-hybridized carbons (Fsp3) is 0.381. The third-order valence-corrected chi connectivity index (χ3v) is 5.29. The van der Waals surface area contributed by atoms with Crippen LogP contribution in [0, 0.1) is 18.6 Å². The van der Waals surface area contributed by atoms with Crippen LogP contribution in [0.2, 0.25) is 5.02 Å². The van der Waals surface area contributed by atoms with Crippen molar-refractivity contribution < 1.29 is 13.6 Å². The molecule has 3 rings (SSSR count).